The van der Waals surface area contributed by atoms with Crippen molar-refractivity contribution in [3.63, 3.8) is 0 Å². The van der Waals surface area contributed by atoms with Gasteiger partial charge in [0.2, 0.25) is 0 Å². The third-order valence-electron chi connectivity index (χ3n) is 6.56. The molecule has 0 saturated heterocycles. The second kappa shape index (κ2) is 10.2. The molecule has 0 atom stereocenters. The van der Waals surface area contributed by atoms with Gasteiger partial charge in [-0.15, -0.1) is 0 Å². The molecule has 0 unspecified atom stereocenters. The molecule has 3 nitrogen and oxygen atoms in total. The van der Waals surface area contributed by atoms with Gasteiger partial charge in [0.05, 0.1) is 0 Å². The first kappa shape index (κ1) is 23.5. The fourth-order valence-electron chi connectivity index (χ4n) is 4.67. The lowest BCUT2D eigenvalue weighted by Gasteiger charge is -2.08. The number of carbonyl (C=O) groups is 1. The number of hydrogen-bond donors (Lipinski definition) is 2. The molecule has 0 spiro atoms. The monoisotopic (exact) mass is 562 g/mol. The van der Waals surface area contributed by atoms with Crippen molar-refractivity contribution >= 4 is 65.6 Å². The van der Waals surface area contributed by atoms with Crippen molar-refractivity contribution in [3.8, 4) is 11.1 Å². The van der Waals surface area contributed by atoms with Gasteiger partial charge in [-0.25, -0.2) is 0 Å². The number of halogens is 1. The van der Waals surface area contributed by atoms with Gasteiger partial charge < -0.3 is 9.97 Å². The summed E-state index contributed by atoms with van der Waals surface area (Å²) in [5, 5.41) is 8.68. The first-order valence-electron chi connectivity index (χ1n) is 12.0. The van der Waals surface area contributed by atoms with E-state index in [1.54, 1.807) is 11.3 Å². The average Bonchev–Trinajstić information content (AvgIpc) is 3.70. The van der Waals surface area contributed by atoms with Gasteiger partial charge in [0.1, 0.15) is 0 Å². The van der Waals surface area contributed by atoms with E-state index in [4.69, 9.17) is 0 Å². The normalized spacial score (nSPS) is 11.1. The fraction of sp³-hybridized carbons (Fsp3) is 0.0312. The molecule has 37 heavy (non-hydrogen) atoms. The number of Topliss-reactive ketones (excluding diaryl/α,β-unsaturated/α-hetero) is 1. The number of benzene rings is 4. The lowest BCUT2D eigenvalue weighted by atomic mass is 9.96. The Bertz CT molecular complexity index is 1850. The van der Waals surface area contributed by atoms with Gasteiger partial charge in [-0.2, -0.15) is 11.3 Å². The molecule has 0 aliphatic carbocycles. The number of rotatable bonds is 4. The maximum Gasteiger partial charge on any atom is 0.168 e. The van der Waals surface area contributed by atoms with Crippen LogP contribution in [0.2, 0.25) is 0 Å². The molecular formula is C32H23BrN2OS. The average molecular weight is 564 g/mol. The van der Waals surface area contributed by atoms with Gasteiger partial charge in [-0.05, 0) is 75.3 Å². The molecule has 0 saturated carbocycles. The summed E-state index contributed by atoms with van der Waals surface area (Å²) in [6.07, 6.45) is 4.36. The second-order valence-corrected chi connectivity index (χ2v) is 10.6. The van der Waals surface area contributed by atoms with E-state index in [0.717, 1.165) is 26.5 Å². The minimum absolute atomic E-state index is 0.173. The van der Waals surface area contributed by atoms with Crippen LogP contribution in [0.3, 0.4) is 0 Å². The Kier molecular flexibility index (Phi) is 6.47. The van der Waals surface area contributed by atoms with Crippen LogP contribution < -0.4 is 0 Å². The molecule has 0 fully saturated rings. The highest BCUT2D eigenvalue weighted by molar-refractivity contribution is 9.10. The highest BCUT2D eigenvalue weighted by Gasteiger charge is 2.09. The molecule has 0 amide bonds. The van der Waals surface area contributed by atoms with Gasteiger partial charge in [-0.1, -0.05) is 64.5 Å². The van der Waals surface area contributed by atoms with E-state index in [0.29, 0.717) is 6.42 Å². The van der Waals surface area contributed by atoms with Crippen LogP contribution in [0.1, 0.15) is 15.9 Å². The van der Waals surface area contributed by atoms with Gasteiger partial charge in [0.25, 0.3) is 0 Å². The summed E-state index contributed by atoms with van der Waals surface area (Å²) in [5.74, 6) is 0.173. The Morgan fingerprint density at radius 1 is 0.757 bits per heavy atom. The lowest BCUT2D eigenvalue weighted by molar-refractivity contribution is 0.0993. The molecule has 0 aliphatic heterocycles. The summed E-state index contributed by atoms with van der Waals surface area (Å²) < 4.78 is 1.14. The third-order valence-corrected chi connectivity index (χ3v) is 7.93. The van der Waals surface area contributed by atoms with Crippen LogP contribution in [-0.4, -0.2) is 15.8 Å². The number of fused-ring (bicyclic) bond motifs is 3. The van der Waals surface area contributed by atoms with Crippen LogP contribution in [0.15, 0.2) is 119 Å². The quantitative estimate of drug-likeness (QED) is 0.206. The van der Waals surface area contributed by atoms with Crippen molar-refractivity contribution in [2.45, 2.75) is 6.42 Å². The number of thiophene rings is 1. The van der Waals surface area contributed by atoms with Crippen molar-refractivity contribution in [3.05, 3.63) is 130 Å². The van der Waals surface area contributed by atoms with E-state index in [9.17, 15) is 4.79 Å². The summed E-state index contributed by atoms with van der Waals surface area (Å²) in [6, 6.07) is 31.3. The van der Waals surface area contributed by atoms with Crippen LogP contribution in [0.4, 0.5) is 0 Å². The molecule has 0 radical (unpaired) electrons. The molecule has 4 aromatic carbocycles. The zero-order valence-corrected chi connectivity index (χ0v) is 22.3. The minimum Gasteiger partial charge on any atom is -0.361 e. The van der Waals surface area contributed by atoms with Gasteiger partial charge in [-0.3, -0.25) is 4.79 Å². The first-order valence-corrected chi connectivity index (χ1v) is 13.8. The topological polar surface area (TPSA) is 48.6 Å². The maximum absolute atomic E-state index is 12.4. The predicted molar refractivity (Wildman–Crippen MR) is 160 cm³/mol. The molecule has 3 heterocycles. The highest BCUT2D eigenvalue weighted by Crippen LogP contribution is 2.31. The molecular weight excluding hydrogens is 540 g/mol. The standard InChI is InChI=1S/C24H17NOS.C8H6BrN/c26-24(20-9-11-27-15-20)13-16-4-5-18-14-19(7-6-17(18)12-16)21-2-1-3-23-22(21)8-10-25-23;9-7-2-1-3-8-6(7)4-5-10-8/h1-12,14-15,25H,13H2;1-5,10H. The van der Waals surface area contributed by atoms with E-state index in [-0.39, 0.29) is 5.78 Å². The molecule has 0 aliphatic rings. The molecule has 3 aromatic heterocycles. The summed E-state index contributed by atoms with van der Waals surface area (Å²) in [4.78, 5) is 18.8. The van der Waals surface area contributed by atoms with Crippen LogP contribution in [0.5, 0.6) is 0 Å². The van der Waals surface area contributed by atoms with Crippen molar-refractivity contribution < 1.29 is 4.79 Å². The Labute approximate surface area is 226 Å². The fourth-order valence-corrected chi connectivity index (χ4v) is 5.83. The van der Waals surface area contributed by atoms with E-state index >= 15 is 0 Å². The summed E-state index contributed by atoms with van der Waals surface area (Å²) in [5.41, 5.74) is 6.61. The number of carbonyl (C=O) groups excluding carboxylic acids is 1. The van der Waals surface area contributed by atoms with Gasteiger partial charge in [0.15, 0.2) is 5.78 Å². The summed E-state index contributed by atoms with van der Waals surface area (Å²) in [7, 11) is 0. The summed E-state index contributed by atoms with van der Waals surface area (Å²) in [6.45, 7) is 0. The van der Waals surface area contributed by atoms with E-state index in [1.165, 1.54) is 32.8 Å². The number of ketones is 1. The minimum atomic E-state index is 0.173. The highest BCUT2D eigenvalue weighted by atomic mass is 79.9. The summed E-state index contributed by atoms with van der Waals surface area (Å²) >= 11 is 5.01. The van der Waals surface area contributed by atoms with E-state index < -0.39 is 0 Å². The molecule has 7 rings (SSSR count). The molecule has 5 heteroatoms. The van der Waals surface area contributed by atoms with Crippen LogP contribution >= 0.6 is 27.3 Å². The number of nitrogens with one attached hydrogen (secondary N) is 2. The largest absolute Gasteiger partial charge is 0.361 e. The van der Waals surface area contributed by atoms with Crippen molar-refractivity contribution in [2.24, 2.45) is 0 Å². The molecule has 2 N–H and O–H groups in total. The van der Waals surface area contributed by atoms with Gasteiger partial charge in [0, 0.05) is 56.0 Å². The Hall–Kier alpha value is -3.93. The third kappa shape index (κ3) is 4.88. The van der Waals surface area contributed by atoms with E-state index in [2.05, 4.69) is 98.7 Å². The smallest absolute Gasteiger partial charge is 0.168 e. The number of H-pyrrole nitrogens is 2. The van der Waals surface area contributed by atoms with Crippen LogP contribution in [-0.2, 0) is 6.42 Å². The SMILES string of the molecule is Brc1cccc2[nH]ccc12.O=C(Cc1ccc2cc(-c3cccc4[nH]ccc34)ccc2c1)c1ccsc1. The van der Waals surface area contributed by atoms with Crippen molar-refractivity contribution in [1.29, 1.82) is 0 Å². The number of aromatic amines is 2. The van der Waals surface area contributed by atoms with Crippen molar-refractivity contribution in [1.82, 2.24) is 9.97 Å². The molecule has 7 aromatic rings. The van der Waals surface area contributed by atoms with E-state index in [1.807, 2.05) is 41.4 Å². The van der Waals surface area contributed by atoms with Crippen LogP contribution in [0, 0.1) is 0 Å². The maximum atomic E-state index is 12.4. The first-order chi connectivity index (χ1) is 18.2. The molecule has 180 valence electrons. The second-order valence-electron chi connectivity index (χ2n) is 8.93. The molecule has 0 bridgehead atoms. The predicted octanol–water partition coefficient (Wildman–Crippen LogP) is 9.41. The van der Waals surface area contributed by atoms with Gasteiger partial charge >= 0.3 is 0 Å². The lowest BCUT2D eigenvalue weighted by Crippen LogP contribution is -2.01. The number of aromatic nitrogens is 2. The van der Waals surface area contributed by atoms with Crippen LogP contribution in [0.25, 0.3) is 43.7 Å². The Balaban J connectivity index is 0.000000210. The Morgan fingerprint density at radius 2 is 1.49 bits per heavy atom. The number of hydrogen-bond acceptors (Lipinski definition) is 2. The Morgan fingerprint density at radius 3 is 2.27 bits per heavy atom. The zero-order valence-electron chi connectivity index (χ0n) is 19.9. The van der Waals surface area contributed by atoms with Crippen molar-refractivity contribution in [2.75, 3.05) is 0 Å². The zero-order chi connectivity index (χ0) is 25.2.